The Morgan fingerprint density at radius 1 is 1.08 bits per heavy atom. The number of benzene rings is 2. The number of hydrogen-bond donors (Lipinski definition) is 2. The van der Waals surface area contributed by atoms with E-state index in [0.717, 1.165) is 11.3 Å². The van der Waals surface area contributed by atoms with Crippen LogP contribution in [0.2, 0.25) is 0 Å². The highest BCUT2D eigenvalue weighted by molar-refractivity contribution is 7.73. The van der Waals surface area contributed by atoms with Crippen LogP contribution in [0, 0.1) is 3.95 Å². The Balaban J connectivity index is 0.00000208. The molecule has 24 heavy (non-hydrogen) atoms. The molecule has 0 aliphatic heterocycles. The van der Waals surface area contributed by atoms with Crippen LogP contribution in [-0.2, 0) is 6.54 Å². The summed E-state index contributed by atoms with van der Waals surface area (Å²) in [6.45, 7) is 0.556. The predicted octanol–water partition coefficient (Wildman–Crippen LogP) is 3.34. The first-order valence-electron chi connectivity index (χ1n) is 7.04. The lowest BCUT2D eigenvalue weighted by molar-refractivity contribution is 0.103. The third kappa shape index (κ3) is 3.88. The quantitative estimate of drug-likeness (QED) is 0.700. The third-order valence-corrected chi connectivity index (χ3v) is 4.82. The van der Waals surface area contributed by atoms with E-state index in [9.17, 15) is 4.79 Å². The Hall–Kier alpha value is -2.48. The molecule has 124 valence electrons. The molecule has 3 rings (SSSR count). The number of anilines is 2. The van der Waals surface area contributed by atoms with Gasteiger partial charge in [-0.15, -0.1) is 0 Å². The summed E-state index contributed by atoms with van der Waals surface area (Å²) < 4.78 is 2.37. The predicted molar refractivity (Wildman–Crippen MR) is 101 cm³/mol. The highest BCUT2D eigenvalue weighted by atomic mass is 32.1. The van der Waals surface area contributed by atoms with E-state index in [1.807, 2.05) is 60.7 Å². The van der Waals surface area contributed by atoms with Crippen molar-refractivity contribution >= 4 is 41.0 Å². The molecule has 1 heterocycles. The first-order valence-corrected chi connectivity index (χ1v) is 8.27. The second kappa shape index (κ2) is 7.87. The largest absolute Gasteiger partial charge is 0.412 e. The summed E-state index contributed by atoms with van der Waals surface area (Å²) >= 11 is 6.59. The first-order chi connectivity index (χ1) is 11.1. The molecule has 0 saturated carbocycles. The monoisotopic (exact) mass is 359 g/mol. The summed E-state index contributed by atoms with van der Waals surface area (Å²) in [7, 11) is 0. The summed E-state index contributed by atoms with van der Waals surface area (Å²) in [5.74, 6) is 0.161. The van der Waals surface area contributed by atoms with Crippen LogP contribution in [-0.4, -0.2) is 16.0 Å². The maximum Gasteiger partial charge on any atom is 0.269 e. The number of carbonyl (C=O) groups is 1. The van der Waals surface area contributed by atoms with Crippen LogP contribution in [0.1, 0.15) is 15.2 Å². The van der Waals surface area contributed by atoms with Gasteiger partial charge in [0, 0.05) is 5.69 Å². The molecule has 0 saturated heterocycles. The normalized spacial score (nSPS) is 10.0. The molecule has 0 bridgehead atoms. The number of thiazole rings is 1. The molecule has 3 aromatic rings. The lowest BCUT2D eigenvalue weighted by Crippen LogP contribution is -2.14. The van der Waals surface area contributed by atoms with Crippen LogP contribution in [0.3, 0.4) is 0 Å². The molecule has 0 unspecified atom stereocenters. The van der Waals surface area contributed by atoms with E-state index in [0.29, 0.717) is 21.2 Å². The van der Waals surface area contributed by atoms with E-state index >= 15 is 0 Å². The molecule has 0 radical (unpaired) electrons. The fourth-order valence-corrected chi connectivity index (χ4v) is 3.42. The summed E-state index contributed by atoms with van der Waals surface area (Å²) in [5.41, 5.74) is 7.97. The Bertz CT molecular complexity index is 874. The third-order valence-electron chi connectivity index (χ3n) is 3.35. The average molecular weight is 359 g/mol. The van der Waals surface area contributed by atoms with Gasteiger partial charge in [0.1, 0.15) is 10.7 Å². The molecule has 5 nitrogen and oxygen atoms in total. The standard InChI is InChI=1S/C17H15N3OS2.H2O/c18-15-14(16(21)19-13-9-5-2-6-10-13)23-17(22)20(15)11-12-7-3-1-4-8-12;/h1-10H,11,18H2,(H,19,21);1H2. The number of nitrogen functional groups attached to an aromatic ring is 1. The minimum atomic E-state index is -0.239. The number of nitrogens with zero attached hydrogens (tertiary/aromatic N) is 1. The Labute approximate surface area is 148 Å². The van der Waals surface area contributed by atoms with Crippen molar-refractivity contribution in [1.82, 2.24) is 4.57 Å². The molecule has 0 spiro atoms. The summed E-state index contributed by atoms with van der Waals surface area (Å²) in [6, 6.07) is 19.2. The summed E-state index contributed by atoms with van der Waals surface area (Å²) in [4.78, 5) is 12.9. The second-order valence-electron chi connectivity index (χ2n) is 4.97. The number of carbonyl (C=O) groups excluding carboxylic acids is 1. The van der Waals surface area contributed by atoms with E-state index in [1.165, 1.54) is 11.3 Å². The fourth-order valence-electron chi connectivity index (χ4n) is 2.20. The molecule has 2 aromatic carbocycles. The number of hydrogen-bond acceptors (Lipinski definition) is 4. The van der Waals surface area contributed by atoms with Crippen molar-refractivity contribution in [2.24, 2.45) is 0 Å². The van der Waals surface area contributed by atoms with Crippen molar-refractivity contribution in [3.8, 4) is 0 Å². The zero-order valence-corrected chi connectivity index (χ0v) is 14.4. The van der Waals surface area contributed by atoms with Crippen LogP contribution < -0.4 is 11.1 Å². The SMILES string of the molecule is Nc1c(C(=O)Nc2ccccc2)sc(=S)n1Cc1ccccc1.O. The lowest BCUT2D eigenvalue weighted by Gasteiger charge is -2.07. The summed E-state index contributed by atoms with van der Waals surface area (Å²) in [6.07, 6.45) is 0. The Kier molecular flexibility index (Phi) is 5.86. The van der Waals surface area contributed by atoms with Gasteiger partial charge in [0.2, 0.25) is 0 Å². The smallest absolute Gasteiger partial charge is 0.269 e. The van der Waals surface area contributed by atoms with Gasteiger partial charge in [-0.3, -0.25) is 4.79 Å². The average Bonchev–Trinajstić information content (AvgIpc) is 2.85. The number of rotatable bonds is 4. The Morgan fingerprint density at radius 2 is 1.67 bits per heavy atom. The van der Waals surface area contributed by atoms with Crippen LogP contribution >= 0.6 is 23.6 Å². The highest BCUT2D eigenvalue weighted by Gasteiger charge is 2.17. The topological polar surface area (TPSA) is 91.6 Å². The van der Waals surface area contributed by atoms with Gasteiger partial charge >= 0.3 is 0 Å². The molecule has 0 aliphatic carbocycles. The minimum Gasteiger partial charge on any atom is -0.412 e. The lowest BCUT2D eigenvalue weighted by atomic mass is 10.2. The van der Waals surface area contributed by atoms with Crippen molar-refractivity contribution < 1.29 is 10.3 Å². The van der Waals surface area contributed by atoms with Gasteiger partial charge in [-0.05, 0) is 29.9 Å². The number of aromatic nitrogens is 1. The van der Waals surface area contributed by atoms with Crippen LogP contribution in [0.25, 0.3) is 0 Å². The second-order valence-corrected chi connectivity index (χ2v) is 6.62. The van der Waals surface area contributed by atoms with Gasteiger partial charge in [-0.2, -0.15) is 0 Å². The van der Waals surface area contributed by atoms with Crippen molar-refractivity contribution in [2.75, 3.05) is 11.1 Å². The summed E-state index contributed by atoms with van der Waals surface area (Å²) in [5, 5.41) is 2.84. The van der Waals surface area contributed by atoms with Crippen molar-refractivity contribution in [3.63, 3.8) is 0 Å². The molecule has 0 fully saturated rings. The van der Waals surface area contributed by atoms with Crippen LogP contribution in [0.15, 0.2) is 60.7 Å². The zero-order valence-electron chi connectivity index (χ0n) is 12.7. The number of nitrogens with one attached hydrogen (secondary N) is 1. The molecule has 7 heteroatoms. The number of nitrogens with two attached hydrogens (primary N) is 1. The maximum absolute atomic E-state index is 12.4. The molecule has 0 atom stereocenters. The molecular weight excluding hydrogens is 342 g/mol. The Morgan fingerprint density at radius 3 is 2.29 bits per heavy atom. The zero-order chi connectivity index (χ0) is 16.2. The van der Waals surface area contributed by atoms with Crippen molar-refractivity contribution in [1.29, 1.82) is 0 Å². The van der Waals surface area contributed by atoms with Crippen LogP contribution in [0.4, 0.5) is 11.5 Å². The minimum absolute atomic E-state index is 0. The van der Waals surface area contributed by atoms with Crippen molar-refractivity contribution in [3.05, 3.63) is 75.1 Å². The van der Waals surface area contributed by atoms with Gasteiger partial charge in [0.05, 0.1) is 6.54 Å². The molecule has 0 aliphatic rings. The van der Waals surface area contributed by atoms with E-state index in [2.05, 4.69) is 5.32 Å². The number of para-hydroxylation sites is 1. The molecule has 1 aromatic heterocycles. The first kappa shape index (κ1) is 17.9. The van der Waals surface area contributed by atoms with Gasteiger partial charge in [0.15, 0.2) is 3.95 Å². The van der Waals surface area contributed by atoms with Gasteiger partial charge in [-0.1, -0.05) is 59.9 Å². The van der Waals surface area contributed by atoms with E-state index in [1.54, 1.807) is 4.57 Å². The van der Waals surface area contributed by atoms with Gasteiger partial charge in [-0.25, -0.2) is 0 Å². The van der Waals surface area contributed by atoms with E-state index in [-0.39, 0.29) is 11.4 Å². The van der Waals surface area contributed by atoms with Crippen LogP contribution in [0.5, 0.6) is 0 Å². The molecular formula is C17H17N3O2S2. The number of amides is 1. The molecule has 5 N–H and O–H groups in total. The molecule has 1 amide bonds. The van der Waals surface area contributed by atoms with Gasteiger partial charge < -0.3 is 21.1 Å². The maximum atomic E-state index is 12.4. The van der Waals surface area contributed by atoms with Crippen molar-refractivity contribution in [2.45, 2.75) is 6.54 Å². The van der Waals surface area contributed by atoms with E-state index in [4.69, 9.17) is 18.0 Å². The highest BCUT2D eigenvalue weighted by Crippen LogP contribution is 2.24. The van der Waals surface area contributed by atoms with E-state index < -0.39 is 0 Å². The fraction of sp³-hybridized carbons (Fsp3) is 0.0588. The van der Waals surface area contributed by atoms with Gasteiger partial charge in [0.25, 0.3) is 5.91 Å².